The molecule has 1 N–H and O–H groups in total. The van der Waals surface area contributed by atoms with Gasteiger partial charge in [-0.05, 0) is 36.0 Å². The van der Waals surface area contributed by atoms with Gasteiger partial charge >= 0.3 is 0 Å². The molecular weight excluding hydrogens is 250 g/mol. The van der Waals surface area contributed by atoms with Crippen molar-refractivity contribution in [3.05, 3.63) is 29.8 Å². The lowest BCUT2D eigenvalue weighted by atomic mass is 9.78. The first-order valence-electron chi connectivity index (χ1n) is 7.52. The molecule has 1 amide bonds. The highest BCUT2D eigenvalue weighted by Gasteiger charge is 2.27. The monoisotopic (exact) mass is 275 g/mol. The average molecular weight is 275 g/mol. The van der Waals surface area contributed by atoms with Crippen LogP contribution in [0.15, 0.2) is 24.3 Å². The van der Waals surface area contributed by atoms with Crippen molar-refractivity contribution in [2.24, 2.45) is 11.8 Å². The second kappa shape index (κ2) is 6.78. The number of rotatable bonds is 4. The van der Waals surface area contributed by atoms with Gasteiger partial charge in [-0.15, -0.1) is 0 Å². The topological polar surface area (TPSA) is 38.3 Å². The summed E-state index contributed by atoms with van der Waals surface area (Å²) in [7, 11) is 1.65. The third-order valence-electron chi connectivity index (χ3n) is 4.58. The van der Waals surface area contributed by atoms with Crippen molar-refractivity contribution in [2.45, 2.75) is 45.6 Å². The fraction of sp³-hybridized carbons (Fsp3) is 0.588. The van der Waals surface area contributed by atoms with Gasteiger partial charge < -0.3 is 10.1 Å². The van der Waals surface area contributed by atoms with Gasteiger partial charge in [0.15, 0.2) is 0 Å². The fourth-order valence-corrected chi connectivity index (χ4v) is 2.97. The van der Waals surface area contributed by atoms with E-state index in [1.807, 2.05) is 24.3 Å². The number of methoxy groups -OCH3 is 1. The Balaban J connectivity index is 1.88. The number of hydrogen-bond donors (Lipinski definition) is 1. The summed E-state index contributed by atoms with van der Waals surface area (Å²) >= 11 is 0. The molecule has 1 aliphatic carbocycles. The van der Waals surface area contributed by atoms with Crippen LogP contribution in [0.4, 0.5) is 0 Å². The number of nitrogens with one attached hydrogen (secondary N) is 1. The van der Waals surface area contributed by atoms with Crippen LogP contribution >= 0.6 is 0 Å². The SMILES string of the molecule is COc1ccc(CC(=O)N[C@H]2CCC[C@@H](C)[C@H]2C)cc1. The molecule has 0 aromatic heterocycles. The highest BCUT2D eigenvalue weighted by atomic mass is 16.5. The second-order valence-corrected chi connectivity index (χ2v) is 5.97. The Morgan fingerprint density at radius 1 is 1.25 bits per heavy atom. The van der Waals surface area contributed by atoms with Crippen LogP contribution in [0.3, 0.4) is 0 Å². The summed E-state index contributed by atoms with van der Waals surface area (Å²) in [6, 6.07) is 8.03. The lowest BCUT2D eigenvalue weighted by Gasteiger charge is -2.34. The lowest BCUT2D eigenvalue weighted by molar-refractivity contribution is -0.121. The maximum atomic E-state index is 12.1. The zero-order valence-electron chi connectivity index (χ0n) is 12.7. The highest BCUT2D eigenvalue weighted by molar-refractivity contribution is 5.78. The standard InChI is InChI=1S/C17H25NO2/c1-12-5-4-6-16(13(12)2)18-17(19)11-14-7-9-15(20-3)10-8-14/h7-10,12-13,16H,4-6,11H2,1-3H3,(H,18,19)/t12-,13-,16+/m1/s1. The number of carbonyl (C=O) groups excluding carboxylic acids is 1. The average Bonchev–Trinajstić information content (AvgIpc) is 2.45. The van der Waals surface area contributed by atoms with Gasteiger partial charge in [0.25, 0.3) is 0 Å². The van der Waals surface area contributed by atoms with Crippen LogP contribution in [0.25, 0.3) is 0 Å². The molecule has 0 radical (unpaired) electrons. The molecule has 0 spiro atoms. The van der Waals surface area contributed by atoms with Crippen molar-refractivity contribution in [3.8, 4) is 5.75 Å². The van der Waals surface area contributed by atoms with Gasteiger partial charge in [0.1, 0.15) is 5.75 Å². The van der Waals surface area contributed by atoms with E-state index in [-0.39, 0.29) is 5.91 Å². The molecule has 0 bridgehead atoms. The zero-order valence-corrected chi connectivity index (χ0v) is 12.7. The molecule has 0 heterocycles. The summed E-state index contributed by atoms with van der Waals surface area (Å²) in [6.45, 7) is 4.54. The Bertz CT molecular complexity index is 441. The number of amides is 1. The summed E-state index contributed by atoms with van der Waals surface area (Å²) in [6.07, 6.45) is 4.06. The predicted octanol–water partition coefficient (Wildman–Crippen LogP) is 3.18. The second-order valence-electron chi connectivity index (χ2n) is 5.97. The van der Waals surface area contributed by atoms with Crippen molar-refractivity contribution >= 4 is 5.91 Å². The molecule has 3 heteroatoms. The Morgan fingerprint density at radius 3 is 2.60 bits per heavy atom. The fourth-order valence-electron chi connectivity index (χ4n) is 2.97. The van der Waals surface area contributed by atoms with Crippen LogP contribution in [0.2, 0.25) is 0 Å². The molecular formula is C17H25NO2. The van der Waals surface area contributed by atoms with Gasteiger partial charge in [-0.2, -0.15) is 0 Å². The molecule has 110 valence electrons. The maximum Gasteiger partial charge on any atom is 0.224 e. The Morgan fingerprint density at radius 2 is 1.95 bits per heavy atom. The third kappa shape index (κ3) is 3.75. The van der Waals surface area contributed by atoms with E-state index in [1.165, 1.54) is 12.8 Å². The molecule has 3 atom stereocenters. The van der Waals surface area contributed by atoms with Crippen LogP contribution in [0.5, 0.6) is 5.75 Å². The van der Waals surface area contributed by atoms with E-state index in [9.17, 15) is 4.79 Å². The zero-order chi connectivity index (χ0) is 14.5. The molecule has 1 saturated carbocycles. The summed E-state index contributed by atoms with van der Waals surface area (Å²) in [4.78, 5) is 12.1. The van der Waals surface area contributed by atoms with Gasteiger partial charge in [0.2, 0.25) is 5.91 Å². The van der Waals surface area contributed by atoms with Crippen LogP contribution in [0, 0.1) is 11.8 Å². The van der Waals surface area contributed by atoms with Gasteiger partial charge in [-0.1, -0.05) is 38.8 Å². The number of ether oxygens (including phenoxy) is 1. The van der Waals surface area contributed by atoms with E-state index in [4.69, 9.17) is 4.74 Å². The number of benzene rings is 1. The van der Waals surface area contributed by atoms with E-state index < -0.39 is 0 Å². The molecule has 0 saturated heterocycles. The molecule has 1 fully saturated rings. The van der Waals surface area contributed by atoms with Crippen molar-refractivity contribution in [1.29, 1.82) is 0 Å². The van der Waals surface area contributed by atoms with Crippen LogP contribution in [0.1, 0.15) is 38.7 Å². The Kier molecular flexibility index (Phi) is 5.05. The van der Waals surface area contributed by atoms with Gasteiger partial charge in [0.05, 0.1) is 13.5 Å². The molecule has 0 unspecified atom stereocenters. The molecule has 1 aromatic carbocycles. The largest absolute Gasteiger partial charge is 0.497 e. The van der Waals surface area contributed by atoms with Crippen LogP contribution < -0.4 is 10.1 Å². The normalized spacial score (nSPS) is 26.1. The van der Waals surface area contributed by atoms with Gasteiger partial charge in [-0.25, -0.2) is 0 Å². The molecule has 0 aliphatic heterocycles. The van der Waals surface area contributed by atoms with Crippen LogP contribution in [-0.4, -0.2) is 19.1 Å². The van der Waals surface area contributed by atoms with Crippen molar-refractivity contribution in [3.63, 3.8) is 0 Å². The maximum absolute atomic E-state index is 12.1. The van der Waals surface area contributed by atoms with Gasteiger partial charge in [0, 0.05) is 6.04 Å². The van der Waals surface area contributed by atoms with Crippen molar-refractivity contribution < 1.29 is 9.53 Å². The minimum atomic E-state index is 0.126. The van der Waals surface area contributed by atoms with E-state index >= 15 is 0 Å². The molecule has 1 aliphatic rings. The number of carbonyl (C=O) groups is 1. The van der Waals surface area contributed by atoms with Gasteiger partial charge in [-0.3, -0.25) is 4.79 Å². The quantitative estimate of drug-likeness (QED) is 0.916. The smallest absolute Gasteiger partial charge is 0.224 e. The predicted molar refractivity (Wildman–Crippen MR) is 80.8 cm³/mol. The van der Waals surface area contributed by atoms with E-state index in [2.05, 4.69) is 19.2 Å². The molecule has 2 rings (SSSR count). The summed E-state index contributed by atoms with van der Waals surface area (Å²) in [5, 5.41) is 3.21. The van der Waals surface area contributed by atoms with Crippen molar-refractivity contribution in [2.75, 3.05) is 7.11 Å². The van der Waals surface area contributed by atoms with E-state index in [0.717, 1.165) is 17.7 Å². The first-order chi connectivity index (χ1) is 9.60. The summed E-state index contributed by atoms with van der Waals surface area (Å²) < 4.78 is 5.12. The highest BCUT2D eigenvalue weighted by Crippen LogP contribution is 2.29. The first-order valence-corrected chi connectivity index (χ1v) is 7.52. The third-order valence-corrected chi connectivity index (χ3v) is 4.58. The van der Waals surface area contributed by atoms with E-state index in [0.29, 0.717) is 24.3 Å². The Hall–Kier alpha value is -1.51. The first kappa shape index (κ1) is 14.9. The summed E-state index contributed by atoms with van der Waals surface area (Å²) in [5.74, 6) is 2.23. The number of hydrogen-bond acceptors (Lipinski definition) is 2. The van der Waals surface area contributed by atoms with Crippen molar-refractivity contribution in [1.82, 2.24) is 5.32 Å². The van der Waals surface area contributed by atoms with Crippen LogP contribution in [-0.2, 0) is 11.2 Å². The Labute approximate surface area is 121 Å². The molecule has 1 aromatic rings. The minimum Gasteiger partial charge on any atom is -0.497 e. The minimum absolute atomic E-state index is 0.126. The van der Waals surface area contributed by atoms with E-state index in [1.54, 1.807) is 7.11 Å². The lowest BCUT2D eigenvalue weighted by Crippen LogP contribution is -2.44. The molecule has 20 heavy (non-hydrogen) atoms. The summed E-state index contributed by atoms with van der Waals surface area (Å²) in [5.41, 5.74) is 1.03. The molecule has 3 nitrogen and oxygen atoms in total.